The standard InChI is InChI=1S/C26H28F2N4O10.C2H6/c1-12(2)23(36)39-11-40-25(38)31-19-9-14(6-7-29-19)8-16-20(22(34)35)32(21(16)33)24(37)30-13(3)15-4-5-17-18(10-15)42-26(27,28)41-17;1-2/h4-7,9-10,12-13,16,20,25,38H,8,11H2,1-3H3,(H,29,31)(H,30,37)(H,34,35);1-2H3/t13?,16-,20?,25?;/m1./s1. The number of fused-ring (bicyclic) bond motifs is 1. The van der Waals surface area contributed by atoms with Gasteiger partial charge in [0.05, 0.1) is 17.9 Å². The number of imide groups is 1. The molecule has 3 unspecified atom stereocenters. The molecule has 4 atom stereocenters. The van der Waals surface area contributed by atoms with Gasteiger partial charge in [0.25, 0.3) is 0 Å². The highest BCUT2D eigenvalue weighted by atomic mass is 19.3. The molecule has 3 amide bonds. The Morgan fingerprint density at radius 2 is 1.80 bits per heavy atom. The Labute approximate surface area is 251 Å². The first-order chi connectivity index (χ1) is 20.8. The lowest BCUT2D eigenvalue weighted by atomic mass is 9.82. The predicted octanol–water partition coefficient (Wildman–Crippen LogP) is 3.22. The monoisotopic (exact) mass is 624 g/mol. The fraction of sp³-hybridized carbons (Fsp3) is 0.464. The van der Waals surface area contributed by atoms with Gasteiger partial charge in [0.2, 0.25) is 12.3 Å². The number of aliphatic hydroxyl groups is 1. The number of carbonyl (C=O) groups excluding carboxylic acids is 3. The quantitative estimate of drug-likeness (QED) is 0.163. The summed E-state index contributed by atoms with van der Waals surface area (Å²) in [7, 11) is 0. The zero-order valence-electron chi connectivity index (χ0n) is 24.6. The van der Waals surface area contributed by atoms with Crippen LogP contribution in [0.1, 0.15) is 51.8 Å². The molecule has 240 valence electrons. The number of nitrogens with zero attached hydrogens (tertiary/aromatic N) is 2. The van der Waals surface area contributed by atoms with Crippen molar-refractivity contribution in [2.45, 2.75) is 65.8 Å². The predicted molar refractivity (Wildman–Crippen MR) is 147 cm³/mol. The summed E-state index contributed by atoms with van der Waals surface area (Å²) in [6.07, 6.45) is -4.11. The van der Waals surface area contributed by atoms with Crippen LogP contribution in [0.25, 0.3) is 0 Å². The first-order valence-corrected chi connectivity index (χ1v) is 13.7. The van der Waals surface area contributed by atoms with E-state index in [1.54, 1.807) is 13.8 Å². The number of hydrogen-bond acceptors (Lipinski definition) is 11. The molecule has 2 aliphatic heterocycles. The maximum atomic E-state index is 13.3. The molecule has 0 radical (unpaired) electrons. The highest BCUT2D eigenvalue weighted by Gasteiger charge is 2.55. The first-order valence-electron chi connectivity index (χ1n) is 13.7. The molecule has 14 nitrogen and oxygen atoms in total. The van der Waals surface area contributed by atoms with E-state index in [1.165, 1.54) is 43.5 Å². The van der Waals surface area contributed by atoms with E-state index < -0.39 is 61.4 Å². The largest absolute Gasteiger partial charge is 0.586 e. The molecule has 1 aromatic heterocycles. The van der Waals surface area contributed by atoms with Crippen LogP contribution in [-0.2, 0) is 30.3 Å². The third kappa shape index (κ3) is 8.08. The number of carboxylic acid groups (broad SMARTS) is 1. The van der Waals surface area contributed by atoms with Gasteiger partial charge >= 0.3 is 24.3 Å². The number of ether oxygens (including phenoxy) is 4. The Morgan fingerprint density at radius 1 is 1.11 bits per heavy atom. The number of amides is 3. The lowest BCUT2D eigenvalue weighted by Crippen LogP contribution is -2.68. The topological polar surface area (TPSA) is 186 Å². The Balaban J connectivity index is 0.00000259. The van der Waals surface area contributed by atoms with Crippen LogP contribution in [0.4, 0.5) is 19.4 Å². The summed E-state index contributed by atoms with van der Waals surface area (Å²) in [5.74, 6) is -4.40. The number of urea groups is 1. The summed E-state index contributed by atoms with van der Waals surface area (Å²) < 4.78 is 45.1. The number of esters is 1. The van der Waals surface area contributed by atoms with Gasteiger partial charge in [0, 0.05) is 6.20 Å². The molecule has 0 spiro atoms. The number of rotatable bonds is 11. The highest BCUT2D eigenvalue weighted by Crippen LogP contribution is 2.42. The summed E-state index contributed by atoms with van der Waals surface area (Å²) in [6.45, 7) is 8.27. The first kappa shape index (κ1) is 33.9. The minimum Gasteiger partial charge on any atom is -0.480 e. The summed E-state index contributed by atoms with van der Waals surface area (Å²) in [6, 6.07) is 3.62. The van der Waals surface area contributed by atoms with E-state index in [4.69, 9.17) is 9.47 Å². The number of nitrogens with one attached hydrogen (secondary N) is 2. The van der Waals surface area contributed by atoms with Crippen molar-refractivity contribution in [1.29, 1.82) is 0 Å². The number of aliphatic carboxylic acids is 1. The number of likely N-dealkylation sites (tertiary alicyclic amines) is 1. The number of pyridine rings is 1. The molecule has 2 aliphatic rings. The summed E-state index contributed by atoms with van der Waals surface area (Å²) in [5, 5.41) is 24.8. The minimum atomic E-state index is -3.82. The number of benzene rings is 1. The number of anilines is 1. The number of halogens is 2. The van der Waals surface area contributed by atoms with Crippen LogP contribution in [0, 0.1) is 11.8 Å². The van der Waals surface area contributed by atoms with Crippen LogP contribution in [-0.4, -0.2) is 69.5 Å². The zero-order chi connectivity index (χ0) is 32.8. The molecule has 2 aromatic rings. The SMILES string of the molecule is CC.CC(C)C(=O)OCOC(O)Nc1cc(C[C@H]2C(=O)N(C(=O)NC(C)c3ccc4c(c3)OC(F)(F)O4)C2C(=O)O)ccn1. The fourth-order valence-electron chi connectivity index (χ4n) is 4.26. The molecule has 0 bridgehead atoms. The van der Waals surface area contributed by atoms with Gasteiger partial charge in [0.15, 0.2) is 24.3 Å². The van der Waals surface area contributed by atoms with Gasteiger partial charge in [-0.3, -0.25) is 14.3 Å². The second kappa shape index (κ2) is 14.3. The second-order valence-electron chi connectivity index (χ2n) is 9.80. The Hall–Kier alpha value is -4.57. The van der Waals surface area contributed by atoms with Crippen molar-refractivity contribution < 1.29 is 57.1 Å². The second-order valence-corrected chi connectivity index (χ2v) is 9.80. The molecule has 1 saturated heterocycles. The van der Waals surface area contributed by atoms with Crippen LogP contribution in [0.5, 0.6) is 11.5 Å². The van der Waals surface area contributed by atoms with E-state index in [1.807, 2.05) is 13.8 Å². The van der Waals surface area contributed by atoms with Crippen molar-refractivity contribution in [2.24, 2.45) is 11.8 Å². The lowest BCUT2D eigenvalue weighted by molar-refractivity contribution is -0.286. The molecule has 44 heavy (non-hydrogen) atoms. The van der Waals surface area contributed by atoms with Crippen molar-refractivity contribution in [3.8, 4) is 11.5 Å². The average Bonchev–Trinajstić information content (AvgIpc) is 3.28. The summed E-state index contributed by atoms with van der Waals surface area (Å²) in [4.78, 5) is 53.8. The molecule has 4 rings (SSSR count). The third-order valence-electron chi connectivity index (χ3n) is 6.40. The number of hydrogen-bond donors (Lipinski definition) is 4. The van der Waals surface area contributed by atoms with Crippen LogP contribution in [0.3, 0.4) is 0 Å². The molecule has 4 N–H and O–H groups in total. The van der Waals surface area contributed by atoms with Gasteiger partial charge in [-0.05, 0) is 48.7 Å². The zero-order valence-corrected chi connectivity index (χ0v) is 24.6. The molecule has 0 aliphatic carbocycles. The van der Waals surface area contributed by atoms with E-state index >= 15 is 0 Å². The maximum Gasteiger partial charge on any atom is 0.586 e. The molecule has 1 aromatic carbocycles. The summed E-state index contributed by atoms with van der Waals surface area (Å²) >= 11 is 0. The van der Waals surface area contributed by atoms with Gasteiger partial charge in [-0.15, -0.1) is 8.78 Å². The van der Waals surface area contributed by atoms with E-state index in [0.717, 1.165) is 0 Å². The number of carboxylic acids is 1. The molecule has 0 saturated carbocycles. The number of alkyl halides is 2. The number of carbonyl (C=O) groups is 4. The molecular weight excluding hydrogens is 590 g/mol. The van der Waals surface area contributed by atoms with E-state index in [9.17, 15) is 38.2 Å². The number of β-lactam (4-membered cyclic amide) rings is 1. The highest BCUT2D eigenvalue weighted by molar-refractivity contribution is 6.07. The van der Waals surface area contributed by atoms with Crippen LogP contribution in [0.2, 0.25) is 0 Å². The van der Waals surface area contributed by atoms with Crippen LogP contribution < -0.4 is 20.1 Å². The molecule has 3 heterocycles. The van der Waals surface area contributed by atoms with Gasteiger partial charge in [-0.1, -0.05) is 33.8 Å². The van der Waals surface area contributed by atoms with Gasteiger partial charge < -0.3 is 35.1 Å². The average molecular weight is 625 g/mol. The van der Waals surface area contributed by atoms with Crippen LogP contribution in [0.15, 0.2) is 36.5 Å². The van der Waals surface area contributed by atoms with Gasteiger partial charge in [0.1, 0.15) is 5.82 Å². The maximum absolute atomic E-state index is 13.3. The van der Waals surface area contributed by atoms with Crippen molar-refractivity contribution in [2.75, 3.05) is 12.1 Å². The Morgan fingerprint density at radius 3 is 2.45 bits per heavy atom. The van der Waals surface area contributed by atoms with E-state index in [0.29, 0.717) is 16.0 Å². The number of aromatic nitrogens is 1. The number of aliphatic hydroxyl groups excluding tert-OH is 1. The lowest BCUT2D eigenvalue weighted by Gasteiger charge is -2.43. The van der Waals surface area contributed by atoms with Crippen molar-refractivity contribution in [3.63, 3.8) is 0 Å². The van der Waals surface area contributed by atoms with Gasteiger partial charge in [-0.2, -0.15) is 0 Å². The van der Waals surface area contributed by atoms with E-state index in [-0.39, 0.29) is 29.7 Å². The smallest absolute Gasteiger partial charge is 0.480 e. The van der Waals surface area contributed by atoms with Crippen molar-refractivity contribution in [1.82, 2.24) is 15.2 Å². The molecular formula is C28H34F2N4O10. The molecule has 16 heteroatoms. The minimum absolute atomic E-state index is 0.0638. The summed E-state index contributed by atoms with van der Waals surface area (Å²) in [5.41, 5.74) is 0.821. The third-order valence-corrected chi connectivity index (χ3v) is 6.40. The van der Waals surface area contributed by atoms with Gasteiger partial charge in [-0.25, -0.2) is 19.5 Å². The Kier molecular flexibility index (Phi) is 11.0. The van der Waals surface area contributed by atoms with Crippen molar-refractivity contribution >= 4 is 29.7 Å². The Bertz CT molecular complexity index is 1380. The fourth-order valence-corrected chi connectivity index (χ4v) is 4.26. The normalized spacial score (nSPS) is 19.2. The molecule has 1 fully saturated rings. The van der Waals surface area contributed by atoms with Crippen LogP contribution >= 0.6 is 0 Å². The van der Waals surface area contributed by atoms with Crippen molar-refractivity contribution in [3.05, 3.63) is 47.7 Å². The van der Waals surface area contributed by atoms with E-state index in [2.05, 4.69) is 25.1 Å².